The van der Waals surface area contributed by atoms with Gasteiger partial charge < -0.3 is 0 Å². The first-order valence-corrected chi connectivity index (χ1v) is 7.34. The topological polar surface area (TPSA) is 17.1 Å². The molecular formula is C19H22O. The smallest absolute Gasteiger partial charge is 0.167 e. The fourth-order valence-corrected chi connectivity index (χ4v) is 2.47. The van der Waals surface area contributed by atoms with E-state index < -0.39 is 0 Å². The molecule has 1 nitrogen and oxygen atoms in total. The van der Waals surface area contributed by atoms with Crippen molar-refractivity contribution in [1.29, 1.82) is 0 Å². The van der Waals surface area contributed by atoms with Crippen LogP contribution in [0.5, 0.6) is 0 Å². The van der Waals surface area contributed by atoms with Crippen LogP contribution >= 0.6 is 0 Å². The van der Waals surface area contributed by atoms with E-state index in [-0.39, 0.29) is 5.78 Å². The molecule has 0 saturated heterocycles. The second-order valence-corrected chi connectivity index (χ2v) is 5.28. The van der Waals surface area contributed by atoms with Gasteiger partial charge in [-0.05, 0) is 42.5 Å². The molecule has 0 saturated carbocycles. The number of hydrogen-bond acceptors (Lipinski definition) is 1. The van der Waals surface area contributed by atoms with Gasteiger partial charge >= 0.3 is 0 Å². The summed E-state index contributed by atoms with van der Waals surface area (Å²) in [6, 6.07) is 14.3. The monoisotopic (exact) mass is 266 g/mol. The van der Waals surface area contributed by atoms with Crippen LogP contribution in [0.2, 0.25) is 0 Å². The number of aryl methyl sites for hydroxylation is 3. The van der Waals surface area contributed by atoms with Crippen LogP contribution in [0.4, 0.5) is 0 Å². The number of carbonyl (C=O) groups excluding carboxylic acids is 1. The third-order valence-corrected chi connectivity index (χ3v) is 3.78. The number of hydrogen-bond donors (Lipinski definition) is 0. The van der Waals surface area contributed by atoms with Crippen molar-refractivity contribution in [2.45, 2.75) is 40.0 Å². The molecule has 0 bridgehead atoms. The second kappa shape index (κ2) is 6.51. The van der Waals surface area contributed by atoms with Crippen molar-refractivity contribution in [1.82, 2.24) is 0 Å². The summed E-state index contributed by atoms with van der Waals surface area (Å²) in [6.07, 6.45) is 2.49. The largest absolute Gasteiger partial charge is 0.294 e. The lowest BCUT2D eigenvalue weighted by Gasteiger charge is -2.08. The molecule has 2 aromatic rings. The number of Topliss-reactive ketones (excluding diaryl/α,β-unsaturated/α-hetero) is 1. The van der Waals surface area contributed by atoms with E-state index in [0.717, 1.165) is 24.0 Å². The van der Waals surface area contributed by atoms with Gasteiger partial charge in [0, 0.05) is 12.0 Å². The van der Waals surface area contributed by atoms with Gasteiger partial charge in [0.15, 0.2) is 5.78 Å². The van der Waals surface area contributed by atoms with Crippen LogP contribution in [-0.4, -0.2) is 5.78 Å². The van der Waals surface area contributed by atoms with Crippen molar-refractivity contribution in [3.05, 3.63) is 70.3 Å². The molecule has 0 unspecified atom stereocenters. The first-order chi connectivity index (χ1) is 9.63. The molecule has 20 heavy (non-hydrogen) atoms. The predicted octanol–water partition coefficient (Wildman–Crippen LogP) is 4.55. The Morgan fingerprint density at radius 1 is 0.900 bits per heavy atom. The maximum atomic E-state index is 12.4. The number of ketones is 1. The molecule has 0 aliphatic carbocycles. The molecule has 2 aromatic carbocycles. The molecule has 0 spiro atoms. The zero-order valence-electron chi connectivity index (χ0n) is 12.6. The van der Waals surface area contributed by atoms with Crippen LogP contribution in [0.15, 0.2) is 42.5 Å². The van der Waals surface area contributed by atoms with Crippen LogP contribution in [0.25, 0.3) is 0 Å². The SMILES string of the molecule is CCc1ccc(C(=O)Cc2ccc(C)cc2)cc1CC. The molecule has 1 heteroatoms. The predicted molar refractivity (Wildman–Crippen MR) is 84.4 cm³/mol. The summed E-state index contributed by atoms with van der Waals surface area (Å²) >= 11 is 0. The normalized spacial score (nSPS) is 10.6. The fourth-order valence-electron chi connectivity index (χ4n) is 2.47. The Kier molecular flexibility index (Phi) is 4.73. The van der Waals surface area contributed by atoms with Crippen LogP contribution in [0, 0.1) is 6.92 Å². The number of carbonyl (C=O) groups is 1. The third kappa shape index (κ3) is 3.36. The Labute approximate surface area is 121 Å². The lowest BCUT2D eigenvalue weighted by Crippen LogP contribution is -2.05. The van der Waals surface area contributed by atoms with Crippen LogP contribution in [-0.2, 0) is 19.3 Å². The lowest BCUT2D eigenvalue weighted by molar-refractivity contribution is 0.0993. The molecule has 0 aliphatic rings. The summed E-state index contributed by atoms with van der Waals surface area (Å²) in [7, 11) is 0. The highest BCUT2D eigenvalue weighted by molar-refractivity contribution is 5.97. The summed E-state index contributed by atoms with van der Waals surface area (Å²) < 4.78 is 0. The minimum atomic E-state index is 0.200. The first kappa shape index (κ1) is 14.5. The Balaban J connectivity index is 2.18. The molecule has 0 N–H and O–H groups in total. The van der Waals surface area contributed by atoms with Gasteiger partial charge in [0.25, 0.3) is 0 Å². The Hall–Kier alpha value is -1.89. The van der Waals surface area contributed by atoms with Gasteiger partial charge in [-0.15, -0.1) is 0 Å². The highest BCUT2D eigenvalue weighted by Gasteiger charge is 2.09. The molecule has 104 valence electrons. The third-order valence-electron chi connectivity index (χ3n) is 3.78. The van der Waals surface area contributed by atoms with E-state index >= 15 is 0 Å². The van der Waals surface area contributed by atoms with E-state index in [1.54, 1.807) is 0 Å². The van der Waals surface area contributed by atoms with Crippen molar-refractivity contribution in [2.24, 2.45) is 0 Å². The maximum absolute atomic E-state index is 12.4. The second-order valence-electron chi connectivity index (χ2n) is 5.28. The molecule has 0 fully saturated rings. The lowest BCUT2D eigenvalue weighted by atomic mass is 9.96. The van der Waals surface area contributed by atoms with Crippen LogP contribution in [0.3, 0.4) is 0 Å². The summed E-state index contributed by atoms with van der Waals surface area (Å²) in [4.78, 5) is 12.4. The average Bonchev–Trinajstić information content (AvgIpc) is 2.48. The minimum Gasteiger partial charge on any atom is -0.294 e. The first-order valence-electron chi connectivity index (χ1n) is 7.34. The summed E-state index contributed by atoms with van der Waals surface area (Å²) in [5, 5.41) is 0. The van der Waals surface area contributed by atoms with Gasteiger partial charge in [-0.3, -0.25) is 4.79 Å². The average molecular weight is 266 g/mol. The molecule has 2 rings (SSSR count). The molecule has 0 aromatic heterocycles. The number of rotatable bonds is 5. The molecule has 0 amide bonds. The number of benzene rings is 2. The van der Waals surface area contributed by atoms with Gasteiger partial charge in [0.1, 0.15) is 0 Å². The van der Waals surface area contributed by atoms with Crippen molar-refractivity contribution in [3.63, 3.8) is 0 Å². The Morgan fingerprint density at radius 2 is 1.55 bits per heavy atom. The Bertz CT molecular complexity index is 594. The zero-order chi connectivity index (χ0) is 14.5. The van der Waals surface area contributed by atoms with E-state index in [1.807, 2.05) is 18.2 Å². The van der Waals surface area contributed by atoms with Gasteiger partial charge in [-0.1, -0.05) is 55.8 Å². The summed E-state index contributed by atoms with van der Waals surface area (Å²) in [6.45, 7) is 6.35. The highest BCUT2D eigenvalue weighted by Crippen LogP contribution is 2.16. The standard InChI is InChI=1S/C19H22O/c1-4-16-10-11-18(13-17(16)5-2)19(20)12-15-8-6-14(3)7-9-15/h6-11,13H,4-5,12H2,1-3H3. The van der Waals surface area contributed by atoms with E-state index in [4.69, 9.17) is 0 Å². The van der Waals surface area contributed by atoms with Crippen molar-refractivity contribution < 1.29 is 4.79 Å². The van der Waals surface area contributed by atoms with Crippen LogP contribution in [0.1, 0.15) is 46.5 Å². The van der Waals surface area contributed by atoms with Gasteiger partial charge in [-0.25, -0.2) is 0 Å². The van der Waals surface area contributed by atoms with E-state index in [2.05, 4.69) is 45.0 Å². The fraction of sp³-hybridized carbons (Fsp3) is 0.316. The van der Waals surface area contributed by atoms with E-state index in [1.165, 1.54) is 16.7 Å². The molecule has 0 aliphatic heterocycles. The van der Waals surface area contributed by atoms with E-state index in [9.17, 15) is 4.79 Å². The quantitative estimate of drug-likeness (QED) is 0.726. The van der Waals surface area contributed by atoms with Crippen LogP contribution < -0.4 is 0 Å². The van der Waals surface area contributed by atoms with Crippen molar-refractivity contribution in [3.8, 4) is 0 Å². The minimum absolute atomic E-state index is 0.200. The van der Waals surface area contributed by atoms with Crippen molar-refractivity contribution in [2.75, 3.05) is 0 Å². The molecule has 0 radical (unpaired) electrons. The van der Waals surface area contributed by atoms with E-state index in [0.29, 0.717) is 6.42 Å². The van der Waals surface area contributed by atoms with Gasteiger partial charge in [0.2, 0.25) is 0 Å². The molecule has 0 heterocycles. The van der Waals surface area contributed by atoms with Gasteiger partial charge in [-0.2, -0.15) is 0 Å². The van der Waals surface area contributed by atoms with Gasteiger partial charge in [0.05, 0.1) is 0 Å². The molecule has 0 atom stereocenters. The van der Waals surface area contributed by atoms with Crippen molar-refractivity contribution >= 4 is 5.78 Å². The maximum Gasteiger partial charge on any atom is 0.167 e. The summed E-state index contributed by atoms with van der Waals surface area (Å²) in [5.74, 6) is 0.200. The zero-order valence-corrected chi connectivity index (χ0v) is 12.6. The Morgan fingerprint density at radius 3 is 2.15 bits per heavy atom. The molecular weight excluding hydrogens is 244 g/mol. The summed E-state index contributed by atoms with van der Waals surface area (Å²) in [5.41, 5.74) is 5.78. The highest BCUT2D eigenvalue weighted by atomic mass is 16.1.